The van der Waals surface area contributed by atoms with E-state index in [0.29, 0.717) is 12.8 Å². The molecule has 0 aromatic rings. The lowest BCUT2D eigenvalue weighted by Crippen LogP contribution is -2.28. The summed E-state index contributed by atoms with van der Waals surface area (Å²) >= 11 is 0. The molecule has 5 nitrogen and oxygen atoms in total. The minimum atomic E-state index is -0.781. The maximum atomic E-state index is 12.2. The minimum absolute atomic E-state index is 0.0718. The van der Waals surface area contributed by atoms with Gasteiger partial charge in [0.1, 0.15) is 6.61 Å². The van der Waals surface area contributed by atoms with E-state index in [1.54, 1.807) is 0 Å². The van der Waals surface area contributed by atoms with Crippen molar-refractivity contribution in [3.63, 3.8) is 0 Å². The van der Waals surface area contributed by atoms with Crippen LogP contribution in [0.4, 0.5) is 0 Å². The summed E-state index contributed by atoms with van der Waals surface area (Å²) in [6.07, 6.45) is 55.1. The first-order chi connectivity index (χ1) is 26.1. The van der Waals surface area contributed by atoms with Gasteiger partial charge in [0.05, 0.1) is 6.61 Å². The molecule has 0 saturated heterocycles. The molecule has 0 aliphatic carbocycles. The maximum Gasteiger partial charge on any atom is 0.306 e. The monoisotopic (exact) mass is 745 g/mol. The van der Waals surface area contributed by atoms with Crippen molar-refractivity contribution in [3.8, 4) is 0 Å². The van der Waals surface area contributed by atoms with Gasteiger partial charge in [0.2, 0.25) is 0 Å². The van der Waals surface area contributed by atoms with E-state index < -0.39 is 6.10 Å². The summed E-state index contributed by atoms with van der Waals surface area (Å²) < 4.78 is 10.6. The van der Waals surface area contributed by atoms with Gasteiger partial charge in [-0.2, -0.15) is 0 Å². The van der Waals surface area contributed by atoms with Crippen molar-refractivity contribution >= 4 is 11.9 Å². The highest BCUT2D eigenvalue weighted by molar-refractivity contribution is 5.70. The van der Waals surface area contributed by atoms with Crippen LogP contribution in [-0.4, -0.2) is 36.4 Å². The van der Waals surface area contributed by atoms with E-state index in [4.69, 9.17) is 9.47 Å². The standard InChI is InChI=1S/C48H88O5/c1-3-5-7-9-11-13-15-17-19-21-22-23-24-25-27-28-30-32-34-36-38-40-42-47(50)52-45-46(44-49)53-48(51)43-41-39-37-35-33-31-29-26-20-18-16-14-12-10-8-6-4-2/h12,14,18,20,29,31,46,49H,3-11,13,15-17,19,21-28,30,32-45H2,1-2H3/b14-12+,20-18+,31-29+/t46-/m0/s1. The van der Waals surface area contributed by atoms with Crippen LogP contribution in [-0.2, 0) is 19.1 Å². The average Bonchev–Trinajstić information content (AvgIpc) is 3.16. The summed E-state index contributed by atoms with van der Waals surface area (Å²) in [6.45, 7) is 4.12. The molecule has 0 rings (SSSR count). The van der Waals surface area contributed by atoms with Gasteiger partial charge < -0.3 is 14.6 Å². The maximum absolute atomic E-state index is 12.2. The van der Waals surface area contributed by atoms with Gasteiger partial charge in [0.25, 0.3) is 0 Å². The number of esters is 2. The van der Waals surface area contributed by atoms with Gasteiger partial charge in [0.15, 0.2) is 6.10 Å². The van der Waals surface area contributed by atoms with E-state index in [2.05, 4.69) is 50.3 Å². The highest BCUT2D eigenvalue weighted by atomic mass is 16.6. The molecule has 0 aliphatic rings. The predicted molar refractivity (Wildman–Crippen MR) is 228 cm³/mol. The summed E-state index contributed by atoms with van der Waals surface area (Å²) in [5.74, 6) is -0.606. The Morgan fingerprint density at radius 3 is 1.17 bits per heavy atom. The van der Waals surface area contributed by atoms with Crippen LogP contribution >= 0.6 is 0 Å². The zero-order chi connectivity index (χ0) is 38.6. The molecule has 5 heteroatoms. The number of allylic oxidation sites excluding steroid dienone is 6. The zero-order valence-corrected chi connectivity index (χ0v) is 35.3. The number of hydrogen-bond acceptors (Lipinski definition) is 5. The summed E-state index contributed by atoms with van der Waals surface area (Å²) in [5, 5.41) is 9.59. The van der Waals surface area contributed by atoms with Crippen molar-refractivity contribution in [1.29, 1.82) is 0 Å². The predicted octanol–water partition coefficient (Wildman–Crippen LogP) is 14.8. The first-order valence-electron chi connectivity index (χ1n) is 23.0. The molecular weight excluding hydrogens is 657 g/mol. The minimum Gasteiger partial charge on any atom is -0.462 e. The SMILES string of the molecule is CCCCC/C=C/C/C=C/C/C=C/CCCCCCC(=O)O[C@@H](CO)COC(=O)CCCCCCCCCCCCCCCCCCCCCCCC. The summed E-state index contributed by atoms with van der Waals surface area (Å²) in [6, 6.07) is 0. The van der Waals surface area contributed by atoms with Crippen molar-refractivity contribution in [2.75, 3.05) is 13.2 Å². The number of aliphatic hydroxyl groups excluding tert-OH is 1. The van der Waals surface area contributed by atoms with Gasteiger partial charge in [-0.3, -0.25) is 9.59 Å². The Kier molecular flexibility index (Phi) is 42.9. The van der Waals surface area contributed by atoms with Crippen LogP contribution in [0, 0.1) is 0 Å². The number of ether oxygens (including phenoxy) is 2. The van der Waals surface area contributed by atoms with E-state index in [1.807, 2.05) is 0 Å². The molecule has 0 amide bonds. The number of carbonyl (C=O) groups is 2. The van der Waals surface area contributed by atoms with Crippen molar-refractivity contribution in [2.45, 2.75) is 245 Å². The molecule has 1 N–H and O–H groups in total. The molecule has 310 valence electrons. The van der Waals surface area contributed by atoms with Crippen LogP contribution in [0.5, 0.6) is 0 Å². The third-order valence-corrected chi connectivity index (χ3v) is 10.2. The van der Waals surface area contributed by atoms with Gasteiger partial charge in [-0.05, 0) is 51.4 Å². The first kappa shape index (κ1) is 51.1. The summed E-state index contributed by atoms with van der Waals surface area (Å²) in [7, 11) is 0. The van der Waals surface area contributed by atoms with Crippen LogP contribution in [0.25, 0.3) is 0 Å². The molecule has 0 bridgehead atoms. The molecule has 0 aromatic heterocycles. The largest absolute Gasteiger partial charge is 0.462 e. The molecule has 0 spiro atoms. The molecule has 0 unspecified atom stereocenters. The Hall–Kier alpha value is -1.88. The van der Waals surface area contributed by atoms with Crippen LogP contribution in [0.2, 0.25) is 0 Å². The quantitative estimate of drug-likeness (QED) is 0.0383. The number of aliphatic hydroxyl groups is 1. The molecule has 0 radical (unpaired) electrons. The van der Waals surface area contributed by atoms with Gasteiger partial charge >= 0.3 is 11.9 Å². The van der Waals surface area contributed by atoms with E-state index >= 15 is 0 Å². The molecule has 53 heavy (non-hydrogen) atoms. The van der Waals surface area contributed by atoms with Crippen molar-refractivity contribution in [2.24, 2.45) is 0 Å². The topological polar surface area (TPSA) is 72.8 Å². The average molecular weight is 745 g/mol. The molecule has 0 aliphatic heterocycles. The van der Waals surface area contributed by atoms with Gasteiger partial charge in [-0.1, -0.05) is 211 Å². The zero-order valence-electron chi connectivity index (χ0n) is 35.3. The Labute approximate surface area is 329 Å². The van der Waals surface area contributed by atoms with Crippen LogP contribution in [0.3, 0.4) is 0 Å². The first-order valence-corrected chi connectivity index (χ1v) is 23.0. The summed E-state index contributed by atoms with van der Waals surface area (Å²) in [4.78, 5) is 24.4. The van der Waals surface area contributed by atoms with Crippen molar-refractivity contribution in [1.82, 2.24) is 0 Å². The van der Waals surface area contributed by atoms with E-state index in [0.717, 1.165) is 64.2 Å². The lowest BCUT2D eigenvalue weighted by Gasteiger charge is -2.15. The van der Waals surface area contributed by atoms with E-state index in [9.17, 15) is 14.7 Å². The third kappa shape index (κ3) is 42.7. The van der Waals surface area contributed by atoms with Gasteiger partial charge in [0, 0.05) is 12.8 Å². The second-order valence-corrected chi connectivity index (χ2v) is 15.5. The fourth-order valence-corrected chi connectivity index (χ4v) is 6.68. The third-order valence-electron chi connectivity index (χ3n) is 10.2. The Bertz CT molecular complexity index is 847. The molecule has 1 atom stereocenters. The normalized spacial score (nSPS) is 12.4. The summed E-state index contributed by atoms with van der Waals surface area (Å²) in [5.41, 5.74) is 0. The molecule has 0 fully saturated rings. The number of rotatable bonds is 42. The molecular formula is C48H88O5. The second kappa shape index (κ2) is 44.5. The Morgan fingerprint density at radius 2 is 0.755 bits per heavy atom. The Morgan fingerprint density at radius 1 is 0.434 bits per heavy atom. The van der Waals surface area contributed by atoms with E-state index in [-0.39, 0.29) is 25.2 Å². The Balaban J connectivity index is 3.51. The lowest BCUT2D eigenvalue weighted by atomic mass is 10.0. The fourth-order valence-electron chi connectivity index (χ4n) is 6.68. The molecule has 0 saturated carbocycles. The highest BCUT2D eigenvalue weighted by Gasteiger charge is 2.16. The smallest absolute Gasteiger partial charge is 0.306 e. The fraction of sp³-hybridized carbons (Fsp3) is 0.833. The number of unbranched alkanes of at least 4 members (excludes halogenated alkanes) is 28. The van der Waals surface area contributed by atoms with Crippen molar-refractivity contribution < 1.29 is 24.2 Å². The molecule has 0 heterocycles. The van der Waals surface area contributed by atoms with Gasteiger partial charge in [-0.15, -0.1) is 0 Å². The second-order valence-electron chi connectivity index (χ2n) is 15.5. The van der Waals surface area contributed by atoms with Crippen LogP contribution < -0.4 is 0 Å². The van der Waals surface area contributed by atoms with Crippen LogP contribution in [0.15, 0.2) is 36.5 Å². The molecule has 0 aromatic carbocycles. The number of hydrogen-bond donors (Lipinski definition) is 1. The van der Waals surface area contributed by atoms with E-state index in [1.165, 1.54) is 148 Å². The van der Waals surface area contributed by atoms with Crippen molar-refractivity contribution in [3.05, 3.63) is 36.5 Å². The highest BCUT2D eigenvalue weighted by Crippen LogP contribution is 2.16. The van der Waals surface area contributed by atoms with Crippen LogP contribution in [0.1, 0.15) is 239 Å². The van der Waals surface area contributed by atoms with Gasteiger partial charge in [-0.25, -0.2) is 0 Å². The number of carbonyl (C=O) groups excluding carboxylic acids is 2. The lowest BCUT2D eigenvalue weighted by molar-refractivity contribution is -0.161.